The molecule has 6 heteroatoms. The molecule has 0 radical (unpaired) electrons. The van der Waals surface area contributed by atoms with E-state index < -0.39 is 12.7 Å². The van der Waals surface area contributed by atoms with Crippen LogP contribution in [0.1, 0.15) is 12.8 Å². The molecule has 1 aliphatic rings. The zero-order valence-corrected chi connectivity index (χ0v) is 11.9. The van der Waals surface area contributed by atoms with Crippen molar-refractivity contribution in [3.63, 3.8) is 0 Å². The van der Waals surface area contributed by atoms with E-state index in [0.717, 1.165) is 12.8 Å². The Morgan fingerprint density at radius 2 is 2.24 bits per heavy atom. The number of ether oxygens (including phenoxy) is 2. The maximum absolute atomic E-state index is 12.2. The van der Waals surface area contributed by atoms with Gasteiger partial charge >= 0.3 is 0 Å². The van der Waals surface area contributed by atoms with Crippen molar-refractivity contribution in [3.05, 3.63) is 24.3 Å². The fourth-order valence-corrected chi connectivity index (χ4v) is 2.33. The Hall–Kier alpha value is -1.66. The van der Waals surface area contributed by atoms with Crippen LogP contribution in [-0.2, 0) is 9.53 Å². The largest absolute Gasteiger partial charge is 0.491 e. The molecular formula is C15H21FN2O3. The zero-order valence-electron chi connectivity index (χ0n) is 11.9. The Bertz CT molecular complexity index is 464. The van der Waals surface area contributed by atoms with Gasteiger partial charge in [-0.25, -0.2) is 4.39 Å². The highest BCUT2D eigenvalue weighted by molar-refractivity contribution is 5.95. The molecule has 0 spiro atoms. The van der Waals surface area contributed by atoms with Crippen LogP contribution in [0.2, 0.25) is 0 Å². The first-order valence-electron chi connectivity index (χ1n) is 7.13. The number of hydrogen-bond donors (Lipinski definition) is 2. The molecule has 1 aromatic carbocycles. The van der Waals surface area contributed by atoms with Gasteiger partial charge in [-0.3, -0.25) is 4.79 Å². The second kappa shape index (κ2) is 7.95. The van der Waals surface area contributed by atoms with E-state index in [4.69, 9.17) is 15.2 Å². The molecule has 1 heterocycles. The Balaban J connectivity index is 1.91. The van der Waals surface area contributed by atoms with Gasteiger partial charge in [0.15, 0.2) is 0 Å². The molecular weight excluding hydrogens is 275 g/mol. The van der Waals surface area contributed by atoms with Gasteiger partial charge in [-0.05, 0) is 30.9 Å². The molecule has 1 fully saturated rings. The minimum absolute atomic E-state index is 0.00100. The van der Waals surface area contributed by atoms with E-state index in [0.29, 0.717) is 24.7 Å². The highest BCUT2D eigenvalue weighted by Crippen LogP contribution is 2.21. The smallest absolute Gasteiger partial charge is 0.241 e. The van der Waals surface area contributed by atoms with E-state index in [1.54, 1.807) is 24.3 Å². The summed E-state index contributed by atoms with van der Waals surface area (Å²) in [6.45, 7) is 0.751. The molecule has 0 aliphatic carbocycles. The normalized spacial score (nSPS) is 17.2. The molecule has 1 amide bonds. The van der Waals surface area contributed by atoms with Crippen molar-refractivity contribution in [3.8, 4) is 5.75 Å². The van der Waals surface area contributed by atoms with E-state index in [1.807, 2.05) is 0 Å². The summed E-state index contributed by atoms with van der Waals surface area (Å²) in [6, 6.07) is 6.30. The van der Waals surface area contributed by atoms with Gasteiger partial charge in [0, 0.05) is 25.0 Å². The number of benzene rings is 1. The number of anilines is 1. The van der Waals surface area contributed by atoms with Gasteiger partial charge in [0.25, 0.3) is 0 Å². The van der Waals surface area contributed by atoms with Crippen LogP contribution in [0, 0.1) is 5.92 Å². The highest BCUT2D eigenvalue weighted by Gasteiger charge is 2.26. The van der Waals surface area contributed by atoms with Crippen molar-refractivity contribution in [2.75, 3.05) is 31.8 Å². The van der Waals surface area contributed by atoms with Gasteiger partial charge < -0.3 is 20.5 Å². The summed E-state index contributed by atoms with van der Waals surface area (Å²) in [7, 11) is 0. The predicted octanol–water partition coefficient (Wildman–Crippen LogP) is 1.73. The van der Waals surface area contributed by atoms with Crippen molar-refractivity contribution >= 4 is 11.6 Å². The van der Waals surface area contributed by atoms with Gasteiger partial charge in [0.05, 0.1) is 6.04 Å². The number of rotatable bonds is 6. The minimum atomic E-state index is -0.552. The molecule has 1 atom stereocenters. The molecule has 3 N–H and O–H groups in total. The van der Waals surface area contributed by atoms with Crippen molar-refractivity contribution in [2.24, 2.45) is 11.7 Å². The quantitative estimate of drug-likeness (QED) is 0.838. The first-order valence-corrected chi connectivity index (χ1v) is 7.13. The van der Waals surface area contributed by atoms with Crippen LogP contribution >= 0.6 is 0 Å². The fraction of sp³-hybridized carbons (Fsp3) is 0.533. The molecule has 116 valence electrons. The summed E-state index contributed by atoms with van der Waals surface area (Å²) in [5.74, 6) is 0.444. The first kappa shape index (κ1) is 15.7. The van der Waals surface area contributed by atoms with Crippen LogP contribution in [0.3, 0.4) is 0 Å². The first-order chi connectivity index (χ1) is 10.2. The Morgan fingerprint density at radius 1 is 1.48 bits per heavy atom. The number of alkyl halides is 1. The van der Waals surface area contributed by atoms with E-state index in [-0.39, 0.29) is 18.4 Å². The van der Waals surface area contributed by atoms with Crippen LogP contribution in [0.5, 0.6) is 5.75 Å². The van der Waals surface area contributed by atoms with Gasteiger partial charge in [-0.15, -0.1) is 0 Å². The number of halogens is 1. The van der Waals surface area contributed by atoms with E-state index in [1.165, 1.54) is 0 Å². The molecule has 1 saturated heterocycles. The highest BCUT2D eigenvalue weighted by atomic mass is 19.1. The molecule has 0 bridgehead atoms. The second-order valence-electron chi connectivity index (χ2n) is 5.03. The maximum Gasteiger partial charge on any atom is 0.241 e. The van der Waals surface area contributed by atoms with Gasteiger partial charge in [-0.2, -0.15) is 0 Å². The molecule has 0 saturated carbocycles. The lowest BCUT2D eigenvalue weighted by atomic mass is 9.92. The average molecular weight is 296 g/mol. The number of nitrogens with one attached hydrogen (secondary N) is 1. The third kappa shape index (κ3) is 4.68. The zero-order chi connectivity index (χ0) is 15.1. The number of carbonyl (C=O) groups excluding carboxylic acids is 1. The molecule has 1 unspecified atom stereocenters. The van der Waals surface area contributed by atoms with Gasteiger partial charge in [-0.1, -0.05) is 6.07 Å². The van der Waals surface area contributed by atoms with Crippen LogP contribution in [0.25, 0.3) is 0 Å². The molecule has 2 rings (SSSR count). The van der Waals surface area contributed by atoms with Crippen molar-refractivity contribution in [1.82, 2.24) is 0 Å². The lowest BCUT2D eigenvalue weighted by molar-refractivity contribution is -0.119. The number of hydrogen-bond acceptors (Lipinski definition) is 4. The van der Waals surface area contributed by atoms with Gasteiger partial charge in [0.2, 0.25) is 5.91 Å². The Morgan fingerprint density at radius 3 is 2.95 bits per heavy atom. The molecule has 21 heavy (non-hydrogen) atoms. The topological polar surface area (TPSA) is 73.6 Å². The Labute approximate surface area is 123 Å². The second-order valence-corrected chi connectivity index (χ2v) is 5.03. The molecule has 5 nitrogen and oxygen atoms in total. The standard InChI is InChI=1S/C15H21FN2O3/c16-6-9-21-13-3-1-2-12(10-13)18-15(19)14(17)11-4-7-20-8-5-11/h1-3,10-11,14H,4-9,17H2,(H,18,19). The van der Waals surface area contributed by atoms with E-state index in [2.05, 4.69) is 5.32 Å². The summed E-state index contributed by atoms with van der Waals surface area (Å²) >= 11 is 0. The third-order valence-electron chi connectivity index (χ3n) is 3.52. The monoisotopic (exact) mass is 296 g/mol. The third-order valence-corrected chi connectivity index (χ3v) is 3.52. The lowest BCUT2D eigenvalue weighted by Crippen LogP contribution is -2.43. The lowest BCUT2D eigenvalue weighted by Gasteiger charge is -2.26. The predicted molar refractivity (Wildman–Crippen MR) is 78.1 cm³/mol. The molecule has 1 aromatic rings. The SMILES string of the molecule is NC(C(=O)Nc1cccc(OCCF)c1)C1CCOCC1. The summed E-state index contributed by atoms with van der Waals surface area (Å²) in [4.78, 5) is 12.2. The minimum Gasteiger partial charge on any atom is -0.491 e. The van der Waals surface area contributed by atoms with Crippen molar-refractivity contribution in [2.45, 2.75) is 18.9 Å². The van der Waals surface area contributed by atoms with Gasteiger partial charge in [0.1, 0.15) is 19.0 Å². The summed E-state index contributed by atoms with van der Waals surface area (Å²) < 4.78 is 22.5. The maximum atomic E-state index is 12.2. The molecule has 0 aromatic heterocycles. The summed E-state index contributed by atoms with van der Waals surface area (Å²) in [5, 5.41) is 2.78. The van der Waals surface area contributed by atoms with Crippen LogP contribution in [0.4, 0.5) is 10.1 Å². The van der Waals surface area contributed by atoms with Crippen molar-refractivity contribution < 1.29 is 18.7 Å². The van der Waals surface area contributed by atoms with Crippen molar-refractivity contribution in [1.29, 1.82) is 0 Å². The van der Waals surface area contributed by atoms with E-state index >= 15 is 0 Å². The molecule has 1 aliphatic heterocycles. The number of carbonyl (C=O) groups is 1. The summed E-state index contributed by atoms with van der Waals surface area (Å²) in [5.41, 5.74) is 6.61. The Kier molecular flexibility index (Phi) is 5.95. The van der Waals surface area contributed by atoms with Crippen LogP contribution < -0.4 is 15.8 Å². The van der Waals surface area contributed by atoms with Crippen LogP contribution in [-0.4, -0.2) is 38.4 Å². The van der Waals surface area contributed by atoms with Crippen LogP contribution in [0.15, 0.2) is 24.3 Å². The fourth-order valence-electron chi connectivity index (χ4n) is 2.33. The van der Waals surface area contributed by atoms with E-state index in [9.17, 15) is 9.18 Å². The summed E-state index contributed by atoms with van der Waals surface area (Å²) in [6.07, 6.45) is 1.60. The number of nitrogens with two attached hydrogens (primary N) is 1. The average Bonchev–Trinajstić information content (AvgIpc) is 2.53. The number of amides is 1.